The van der Waals surface area contributed by atoms with Crippen LogP contribution < -0.4 is 5.73 Å². The van der Waals surface area contributed by atoms with E-state index in [0.29, 0.717) is 5.92 Å². The van der Waals surface area contributed by atoms with Gasteiger partial charge in [-0.3, -0.25) is 0 Å². The largest absolute Gasteiger partial charge is 0.399 e. The zero-order valence-electron chi connectivity index (χ0n) is 10.4. The van der Waals surface area contributed by atoms with Crippen LogP contribution in [0, 0.1) is 11.8 Å². The van der Waals surface area contributed by atoms with Gasteiger partial charge in [0.2, 0.25) is 0 Å². The van der Waals surface area contributed by atoms with E-state index in [-0.39, 0.29) is 0 Å². The van der Waals surface area contributed by atoms with Crippen LogP contribution in [0.5, 0.6) is 0 Å². The third-order valence-corrected chi connectivity index (χ3v) is 4.38. The van der Waals surface area contributed by atoms with E-state index in [1.165, 1.54) is 24.0 Å². The molecule has 0 spiro atoms. The van der Waals surface area contributed by atoms with E-state index in [2.05, 4.69) is 30.4 Å². The number of fused-ring (bicyclic) bond motifs is 2. The number of anilines is 1. The first-order chi connectivity index (χ1) is 8.83. The molecule has 1 aromatic rings. The van der Waals surface area contributed by atoms with Crippen molar-refractivity contribution in [2.75, 3.05) is 5.73 Å². The normalized spacial score (nSPS) is 24.9. The molecule has 1 saturated carbocycles. The second-order valence-electron chi connectivity index (χ2n) is 5.62. The molecule has 0 amide bonds. The molecule has 0 heterocycles. The molecule has 1 nitrogen and oxygen atoms in total. The van der Waals surface area contributed by atoms with Crippen molar-refractivity contribution in [1.29, 1.82) is 0 Å². The first-order valence-electron chi connectivity index (χ1n) is 6.80. The lowest BCUT2D eigenvalue weighted by atomic mass is 9.92. The summed E-state index contributed by atoms with van der Waals surface area (Å²) in [7, 11) is 0. The Morgan fingerprint density at radius 2 is 1.89 bits per heavy atom. The van der Waals surface area contributed by atoms with E-state index >= 15 is 0 Å². The maximum Gasteiger partial charge on any atom is 0.0346 e. The summed E-state index contributed by atoms with van der Waals surface area (Å²) in [6.07, 6.45) is 10.9. The molecule has 1 unspecified atom stereocenters. The molecule has 2 bridgehead atoms. The van der Waals surface area contributed by atoms with Gasteiger partial charge in [-0.2, -0.15) is 0 Å². The standard InChI is InChI=1S/C17H17N/c18-17-4-2-1-3-13(17)10-16-12-7-8-14(16)15(9-12)11-5-6-11/h1-4,7-9,11,16H,5-6,10,18H2. The molecule has 3 aliphatic rings. The van der Waals surface area contributed by atoms with E-state index in [1.54, 1.807) is 11.1 Å². The van der Waals surface area contributed by atoms with Crippen LogP contribution in [-0.4, -0.2) is 0 Å². The maximum absolute atomic E-state index is 6.06. The maximum atomic E-state index is 6.06. The summed E-state index contributed by atoms with van der Waals surface area (Å²) in [5.41, 5.74) is 13.0. The Morgan fingerprint density at radius 3 is 2.67 bits per heavy atom. The highest BCUT2D eigenvalue weighted by atomic mass is 14.6. The van der Waals surface area contributed by atoms with Crippen LogP contribution in [0.25, 0.3) is 0 Å². The van der Waals surface area contributed by atoms with Crippen LogP contribution in [0.3, 0.4) is 0 Å². The van der Waals surface area contributed by atoms with Crippen LogP contribution in [0.4, 0.5) is 5.69 Å². The van der Waals surface area contributed by atoms with Gasteiger partial charge in [0.25, 0.3) is 0 Å². The van der Waals surface area contributed by atoms with E-state index in [1.807, 2.05) is 12.1 Å². The minimum Gasteiger partial charge on any atom is -0.399 e. The molecule has 1 heteroatoms. The van der Waals surface area contributed by atoms with Gasteiger partial charge in [-0.15, -0.1) is 0 Å². The third kappa shape index (κ3) is 1.47. The minimum atomic E-state index is 0.574. The first-order valence-corrected chi connectivity index (χ1v) is 6.80. The quantitative estimate of drug-likeness (QED) is 0.795. The Morgan fingerprint density at radius 1 is 1.06 bits per heavy atom. The van der Waals surface area contributed by atoms with Crippen molar-refractivity contribution in [2.24, 2.45) is 11.8 Å². The molecule has 90 valence electrons. The lowest BCUT2D eigenvalue weighted by Gasteiger charge is -2.13. The number of nitrogens with two attached hydrogens (primary N) is 1. The van der Waals surface area contributed by atoms with Crippen LogP contribution in [0.15, 0.2) is 59.2 Å². The zero-order valence-corrected chi connectivity index (χ0v) is 10.4. The number of hydrogen-bond donors (Lipinski definition) is 1. The molecule has 1 aromatic carbocycles. The molecule has 3 aliphatic carbocycles. The van der Waals surface area contributed by atoms with Crippen molar-refractivity contribution in [3.63, 3.8) is 0 Å². The Labute approximate surface area is 108 Å². The van der Waals surface area contributed by atoms with E-state index < -0.39 is 0 Å². The SMILES string of the molecule is Nc1ccccc1CC1C2=CC(C3CC3)=C1C=C2. The van der Waals surface area contributed by atoms with Gasteiger partial charge >= 0.3 is 0 Å². The van der Waals surface area contributed by atoms with Crippen molar-refractivity contribution in [3.8, 4) is 0 Å². The summed E-state index contributed by atoms with van der Waals surface area (Å²) in [4.78, 5) is 0. The van der Waals surface area contributed by atoms with Gasteiger partial charge in [0.05, 0.1) is 0 Å². The second kappa shape index (κ2) is 3.61. The number of benzene rings is 1. The predicted molar refractivity (Wildman–Crippen MR) is 75.0 cm³/mol. The number of rotatable bonds is 3. The monoisotopic (exact) mass is 235 g/mol. The van der Waals surface area contributed by atoms with Gasteiger partial charge in [0, 0.05) is 11.6 Å². The van der Waals surface area contributed by atoms with Gasteiger partial charge in [-0.05, 0) is 53.5 Å². The van der Waals surface area contributed by atoms with Gasteiger partial charge < -0.3 is 5.73 Å². The van der Waals surface area contributed by atoms with Gasteiger partial charge in [0.15, 0.2) is 0 Å². The van der Waals surface area contributed by atoms with Crippen molar-refractivity contribution in [3.05, 3.63) is 64.8 Å². The third-order valence-electron chi connectivity index (χ3n) is 4.38. The fourth-order valence-corrected chi connectivity index (χ4v) is 3.22. The van der Waals surface area contributed by atoms with Crippen molar-refractivity contribution < 1.29 is 0 Å². The topological polar surface area (TPSA) is 26.0 Å². The number of hydrogen-bond acceptors (Lipinski definition) is 1. The minimum absolute atomic E-state index is 0.574. The molecule has 1 fully saturated rings. The summed E-state index contributed by atoms with van der Waals surface area (Å²) in [6.45, 7) is 0. The lowest BCUT2D eigenvalue weighted by Crippen LogP contribution is -2.05. The van der Waals surface area contributed by atoms with Crippen LogP contribution >= 0.6 is 0 Å². The van der Waals surface area contributed by atoms with Crippen LogP contribution in [-0.2, 0) is 6.42 Å². The fraction of sp³-hybridized carbons (Fsp3) is 0.294. The van der Waals surface area contributed by atoms with E-state index in [9.17, 15) is 0 Å². The van der Waals surface area contributed by atoms with Gasteiger partial charge in [-0.1, -0.05) is 36.4 Å². The van der Waals surface area contributed by atoms with Crippen molar-refractivity contribution >= 4 is 5.69 Å². The molecule has 18 heavy (non-hydrogen) atoms. The van der Waals surface area contributed by atoms with E-state index in [0.717, 1.165) is 18.0 Å². The highest BCUT2D eigenvalue weighted by molar-refractivity contribution is 5.60. The predicted octanol–water partition coefficient (Wildman–Crippen LogP) is 3.64. The smallest absolute Gasteiger partial charge is 0.0346 e. The number of allylic oxidation sites excluding steroid dienone is 6. The summed E-state index contributed by atoms with van der Waals surface area (Å²) < 4.78 is 0. The molecule has 0 saturated heterocycles. The van der Waals surface area contributed by atoms with Crippen LogP contribution in [0.2, 0.25) is 0 Å². The molecular formula is C17H17N. The molecule has 2 N–H and O–H groups in total. The summed E-state index contributed by atoms with van der Waals surface area (Å²) in [6, 6.07) is 8.25. The second-order valence-corrected chi connectivity index (χ2v) is 5.62. The molecule has 4 rings (SSSR count). The highest BCUT2D eigenvalue weighted by Gasteiger charge is 2.36. The molecule has 1 atom stereocenters. The van der Waals surface area contributed by atoms with Gasteiger partial charge in [-0.25, -0.2) is 0 Å². The molecule has 0 aliphatic heterocycles. The Balaban J connectivity index is 1.65. The van der Waals surface area contributed by atoms with Crippen molar-refractivity contribution in [2.45, 2.75) is 19.3 Å². The average molecular weight is 235 g/mol. The van der Waals surface area contributed by atoms with E-state index in [4.69, 9.17) is 5.73 Å². The Bertz CT molecular complexity index is 600. The average Bonchev–Trinajstić information content (AvgIpc) is 3.11. The van der Waals surface area contributed by atoms with Gasteiger partial charge in [0.1, 0.15) is 0 Å². The number of para-hydroxylation sites is 1. The summed E-state index contributed by atoms with van der Waals surface area (Å²) >= 11 is 0. The highest BCUT2D eigenvalue weighted by Crippen LogP contribution is 2.49. The first kappa shape index (κ1) is 10.2. The summed E-state index contributed by atoms with van der Waals surface area (Å²) in [5, 5.41) is 0. The fourth-order valence-electron chi connectivity index (χ4n) is 3.22. The number of nitrogen functional groups attached to an aromatic ring is 1. The zero-order chi connectivity index (χ0) is 12.1. The Kier molecular flexibility index (Phi) is 2.05. The lowest BCUT2D eigenvalue weighted by molar-refractivity contribution is 0.767. The molecule has 0 radical (unpaired) electrons. The van der Waals surface area contributed by atoms with Crippen LogP contribution in [0.1, 0.15) is 18.4 Å². The summed E-state index contributed by atoms with van der Waals surface area (Å²) in [5.74, 6) is 1.43. The Hall–Kier alpha value is -1.76. The molecule has 0 aromatic heterocycles. The molecular weight excluding hydrogens is 218 g/mol. The van der Waals surface area contributed by atoms with Crippen molar-refractivity contribution in [1.82, 2.24) is 0 Å².